The molecule has 0 atom stereocenters. The number of hydrogen-bond donors (Lipinski definition) is 1. The minimum Gasteiger partial charge on any atom is -0.452 e. The van der Waals surface area contributed by atoms with Crippen LogP contribution in [-0.4, -0.2) is 18.5 Å². The Morgan fingerprint density at radius 3 is 2.17 bits per heavy atom. The molecule has 2 aromatic carbocycles. The predicted octanol–water partition coefficient (Wildman–Crippen LogP) is 3.72. The maximum absolute atomic E-state index is 12.0. The van der Waals surface area contributed by atoms with Crippen LogP contribution in [-0.2, 0) is 9.53 Å². The van der Waals surface area contributed by atoms with E-state index in [1.54, 1.807) is 12.1 Å². The Hall–Kier alpha value is -2.62. The Balaban J connectivity index is 1.99. The molecular weight excluding hydrogens is 290 g/mol. The van der Waals surface area contributed by atoms with Crippen LogP contribution >= 0.6 is 0 Å². The zero-order valence-corrected chi connectivity index (χ0v) is 13.9. The van der Waals surface area contributed by atoms with Gasteiger partial charge in [-0.25, -0.2) is 4.79 Å². The van der Waals surface area contributed by atoms with E-state index in [2.05, 4.69) is 5.32 Å². The van der Waals surface area contributed by atoms with Crippen molar-refractivity contribution in [1.82, 2.24) is 0 Å². The van der Waals surface area contributed by atoms with Gasteiger partial charge in [0.15, 0.2) is 6.61 Å². The molecular formula is C19H21NO3. The van der Waals surface area contributed by atoms with Crippen LogP contribution in [0.2, 0.25) is 0 Å². The van der Waals surface area contributed by atoms with E-state index in [9.17, 15) is 9.59 Å². The molecule has 4 heteroatoms. The molecule has 0 aliphatic carbocycles. The summed E-state index contributed by atoms with van der Waals surface area (Å²) in [5.41, 5.74) is 5.19. The standard InChI is InChI=1S/C19H21NO3/c1-12-9-14(3)18(15(4)10-12)20-17(21)11-23-19(22)16-8-6-5-7-13(16)2/h5-10H,11H2,1-4H3,(H,20,21). The second kappa shape index (κ2) is 7.09. The van der Waals surface area contributed by atoms with Crippen molar-refractivity contribution in [2.24, 2.45) is 0 Å². The van der Waals surface area contributed by atoms with Gasteiger partial charge in [0.1, 0.15) is 0 Å². The summed E-state index contributed by atoms with van der Waals surface area (Å²) in [4.78, 5) is 24.0. The number of ether oxygens (including phenoxy) is 1. The van der Waals surface area contributed by atoms with Crippen LogP contribution in [0.4, 0.5) is 5.69 Å². The molecule has 1 N–H and O–H groups in total. The molecule has 0 fully saturated rings. The second-order valence-corrected chi connectivity index (χ2v) is 5.71. The van der Waals surface area contributed by atoms with Gasteiger partial charge in [-0.1, -0.05) is 35.9 Å². The van der Waals surface area contributed by atoms with Crippen LogP contribution in [0.5, 0.6) is 0 Å². The number of aryl methyl sites for hydroxylation is 4. The first kappa shape index (κ1) is 16.7. The summed E-state index contributed by atoms with van der Waals surface area (Å²) in [5.74, 6) is -0.836. The van der Waals surface area contributed by atoms with Crippen LogP contribution in [0, 0.1) is 27.7 Å². The molecule has 120 valence electrons. The number of benzene rings is 2. The molecule has 2 rings (SSSR count). The largest absolute Gasteiger partial charge is 0.452 e. The number of amides is 1. The summed E-state index contributed by atoms with van der Waals surface area (Å²) >= 11 is 0. The second-order valence-electron chi connectivity index (χ2n) is 5.71. The highest BCUT2D eigenvalue weighted by Gasteiger charge is 2.13. The van der Waals surface area contributed by atoms with Gasteiger partial charge in [0.25, 0.3) is 5.91 Å². The predicted molar refractivity (Wildman–Crippen MR) is 90.7 cm³/mol. The number of carbonyl (C=O) groups excluding carboxylic acids is 2. The van der Waals surface area contributed by atoms with Crippen LogP contribution in [0.15, 0.2) is 36.4 Å². The minimum atomic E-state index is -0.490. The fourth-order valence-corrected chi connectivity index (χ4v) is 2.56. The number of rotatable bonds is 4. The van der Waals surface area contributed by atoms with Gasteiger partial charge in [-0.2, -0.15) is 0 Å². The fraction of sp³-hybridized carbons (Fsp3) is 0.263. The zero-order valence-electron chi connectivity index (χ0n) is 13.9. The van der Waals surface area contributed by atoms with E-state index in [-0.39, 0.29) is 12.5 Å². The third-order valence-corrected chi connectivity index (χ3v) is 3.64. The molecule has 0 spiro atoms. The van der Waals surface area contributed by atoms with E-state index in [0.29, 0.717) is 5.56 Å². The van der Waals surface area contributed by atoms with E-state index in [1.807, 2.05) is 52.0 Å². The first-order valence-corrected chi connectivity index (χ1v) is 7.49. The summed E-state index contributed by atoms with van der Waals surface area (Å²) in [6.07, 6.45) is 0. The molecule has 0 aliphatic heterocycles. The normalized spacial score (nSPS) is 10.3. The molecule has 4 nitrogen and oxygen atoms in total. The van der Waals surface area contributed by atoms with E-state index in [1.165, 1.54) is 0 Å². The lowest BCUT2D eigenvalue weighted by atomic mass is 10.1. The Morgan fingerprint density at radius 2 is 1.57 bits per heavy atom. The van der Waals surface area contributed by atoms with Gasteiger partial charge in [0.2, 0.25) is 0 Å². The molecule has 0 saturated carbocycles. The first-order valence-electron chi connectivity index (χ1n) is 7.49. The highest BCUT2D eigenvalue weighted by atomic mass is 16.5. The van der Waals surface area contributed by atoms with Crippen molar-refractivity contribution >= 4 is 17.6 Å². The lowest BCUT2D eigenvalue weighted by Gasteiger charge is -2.13. The van der Waals surface area contributed by atoms with Gasteiger partial charge in [-0.05, 0) is 50.5 Å². The molecule has 23 heavy (non-hydrogen) atoms. The average molecular weight is 311 g/mol. The number of esters is 1. The highest BCUT2D eigenvalue weighted by Crippen LogP contribution is 2.21. The van der Waals surface area contributed by atoms with Crippen molar-refractivity contribution in [2.75, 3.05) is 11.9 Å². The van der Waals surface area contributed by atoms with E-state index in [4.69, 9.17) is 4.74 Å². The SMILES string of the molecule is Cc1cc(C)c(NC(=O)COC(=O)c2ccccc2C)c(C)c1. The first-order chi connectivity index (χ1) is 10.9. The van der Waals surface area contributed by atoms with Gasteiger partial charge in [0, 0.05) is 5.69 Å². The van der Waals surface area contributed by atoms with Crippen LogP contribution < -0.4 is 5.32 Å². The molecule has 0 unspecified atom stereocenters. The smallest absolute Gasteiger partial charge is 0.338 e. The van der Waals surface area contributed by atoms with Crippen molar-refractivity contribution in [3.8, 4) is 0 Å². The molecule has 0 aromatic heterocycles. The Kier molecular flexibility index (Phi) is 5.16. The Labute approximate surface area is 136 Å². The van der Waals surface area contributed by atoms with Crippen LogP contribution in [0.25, 0.3) is 0 Å². The monoisotopic (exact) mass is 311 g/mol. The molecule has 0 heterocycles. The summed E-state index contributed by atoms with van der Waals surface area (Å²) < 4.78 is 5.10. The summed E-state index contributed by atoms with van der Waals surface area (Å²) in [6.45, 7) is 7.41. The zero-order chi connectivity index (χ0) is 17.0. The maximum atomic E-state index is 12.0. The van der Waals surface area contributed by atoms with Crippen molar-refractivity contribution in [2.45, 2.75) is 27.7 Å². The highest BCUT2D eigenvalue weighted by molar-refractivity contribution is 5.96. The number of nitrogens with one attached hydrogen (secondary N) is 1. The average Bonchev–Trinajstić information content (AvgIpc) is 2.49. The maximum Gasteiger partial charge on any atom is 0.338 e. The van der Waals surface area contributed by atoms with E-state index >= 15 is 0 Å². The van der Waals surface area contributed by atoms with Crippen LogP contribution in [0.3, 0.4) is 0 Å². The molecule has 2 aromatic rings. The Bertz CT molecular complexity index is 727. The van der Waals surface area contributed by atoms with Gasteiger partial charge < -0.3 is 10.1 Å². The lowest BCUT2D eigenvalue weighted by molar-refractivity contribution is -0.119. The fourth-order valence-electron chi connectivity index (χ4n) is 2.56. The van der Waals surface area contributed by atoms with Gasteiger partial charge in [0.05, 0.1) is 5.56 Å². The van der Waals surface area contributed by atoms with E-state index < -0.39 is 5.97 Å². The summed E-state index contributed by atoms with van der Waals surface area (Å²) in [6, 6.07) is 11.1. The molecule has 0 aliphatic rings. The molecule has 0 bridgehead atoms. The van der Waals surface area contributed by atoms with Crippen molar-refractivity contribution in [3.05, 3.63) is 64.2 Å². The van der Waals surface area contributed by atoms with Crippen molar-refractivity contribution in [3.63, 3.8) is 0 Å². The van der Waals surface area contributed by atoms with E-state index in [0.717, 1.165) is 27.9 Å². The van der Waals surface area contributed by atoms with Crippen LogP contribution in [0.1, 0.15) is 32.6 Å². The Morgan fingerprint density at radius 1 is 0.957 bits per heavy atom. The number of anilines is 1. The number of hydrogen-bond acceptors (Lipinski definition) is 3. The summed E-state index contributed by atoms with van der Waals surface area (Å²) in [7, 11) is 0. The third kappa shape index (κ3) is 4.19. The summed E-state index contributed by atoms with van der Waals surface area (Å²) in [5, 5.41) is 2.81. The third-order valence-electron chi connectivity index (χ3n) is 3.64. The molecule has 0 radical (unpaired) electrons. The topological polar surface area (TPSA) is 55.4 Å². The number of carbonyl (C=O) groups is 2. The molecule has 1 amide bonds. The van der Waals surface area contributed by atoms with Gasteiger partial charge >= 0.3 is 5.97 Å². The molecule has 0 saturated heterocycles. The lowest BCUT2D eigenvalue weighted by Crippen LogP contribution is -2.22. The quantitative estimate of drug-likeness (QED) is 0.876. The minimum absolute atomic E-state index is 0.306. The van der Waals surface area contributed by atoms with Gasteiger partial charge in [-0.15, -0.1) is 0 Å². The van der Waals surface area contributed by atoms with Crippen molar-refractivity contribution < 1.29 is 14.3 Å². The van der Waals surface area contributed by atoms with Gasteiger partial charge in [-0.3, -0.25) is 4.79 Å². The van der Waals surface area contributed by atoms with Crippen molar-refractivity contribution in [1.29, 1.82) is 0 Å².